The molecule has 2 atom stereocenters. The van der Waals surface area contributed by atoms with Crippen molar-refractivity contribution in [3.05, 3.63) is 0 Å². The minimum absolute atomic E-state index is 0.0255. The van der Waals surface area contributed by atoms with Gasteiger partial charge in [0.05, 0.1) is 6.10 Å². The number of aliphatic hydroxyl groups excluding tert-OH is 1. The van der Waals surface area contributed by atoms with E-state index in [1.165, 1.54) is 0 Å². The van der Waals surface area contributed by atoms with Crippen molar-refractivity contribution < 1.29 is 18.3 Å². The first-order valence-electron chi connectivity index (χ1n) is 3.94. The van der Waals surface area contributed by atoms with Crippen molar-refractivity contribution >= 4 is 0 Å². The van der Waals surface area contributed by atoms with Gasteiger partial charge in [-0.1, -0.05) is 0 Å². The van der Waals surface area contributed by atoms with Crippen LogP contribution in [0, 0.1) is 5.92 Å². The number of β-amino-alcohol motifs (C(OH)–C–C–N with tert-alkyl or cyclic N) is 1. The van der Waals surface area contributed by atoms with Crippen molar-refractivity contribution in [1.82, 2.24) is 5.32 Å². The van der Waals surface area contributed by atoms with Crippen LogP contribution in [0.3, 0.4) is 0 Å². The van der Waals surface area contributed by atoms with Gasteiger partial charge in [-0.25, -0.2) is 0 Å². The van der Waals surface area contributed by atoms with Crippen molar-refractivity contribution in [2.75, 3.05) is 13.1 Å². The molecule has 0 aromatic carbocycles. The topological polar surface area (TPSA) is 32.3 Å². The van der Waals surface area contributed by atoms with Crippen molar-refractivity contribution in [3.8, 4) is 0 Å². The molecule has 1 rings (SSSR count). The van der Waals surface area contributed by atoms with E-state index < -0.39 is 18.7 Å². The molecule has 1 heterocycles. The third-order valence-corrected chi connectivity index (χ3v) is 2.10. The maximum atomic E-state index is 11.7. The number of hydrogen-bond donors (Lipinski definition) is 2. The van der Waals surface area contributed by atoms with Gasteiger partial charge in [-0.05, 0) is 12.3 Å². The van der Waals surface area contributed by atoms with E-state index in [1.807, 2.05) is 0 Å². The summed E-state index contributed by atoms with van der Waals surface area (Å²) in [5.74, 6) is -0.230. The van der Waals surface area contributed by atoms with E-state index in [1.54, 1.807) is 0 Å². The van der Waals surface area contributed by atoms with Crippen LogP contribution < -0.4 is 5.32 Å². The van der Waals surface area contributed by atoms with Crippen LogP contribution in [-0.2, 0) is 0 Å². The maximum absolute atomic E-state index is 11.7. The molecule has 0 aromatic rings. The molecule has 2 unspecified atom stereocenters. The molecule has 2 N–H and O–H groups in total. The van der Waals surface area contributed by atoms with Crippen LogP contribution in [0.5, 0.6) is 0 Å². The molecule has 0 saturated carbocycles. The van der Waals surface area contributed by atoms with Gasteiger partial charge in [0.1, 0.15) is 0 Å². The van der Waals surface area contributed by atoms with Gasteiger partial charge < -0.3 is 10.4 Å². The molecule has 5 heteroatoms. The Balaban J connectivity index is 2.23. The van der Waals surface area contributed by atoms with Crippen LogP contribution in [-0.4, -0.2) is 30.5 Å². The standard InChI is InChI=1S/C7H12F3NO/c8-7(9,10)2-1-5-3-11-4-6(5)12/h5-6,11-12H,1-4H2. The minimum atomic E-state index is -4.09. The van der Waals surface area contributed by atoms with Crippen molar-refractivity contribution in [3.63, 3.8) is 0 Å². The summed E-state index contributed by atoms with van der Waals surface area (Å²) in [6, 6.07) is 0. The Morgan fingerprint density at radius 1 is 1.33 bits per heavy atom. The first kappa shape index (κ1) is 9.80. The number of halogens is 3. The normalized spacial score (nSPS) is 31.0. The van der Waals surface area contributed by atoms with Crippen LogP contribution in [0.25, 0.3) is 0 Å². The van der Waals surface area contributed by atoms with E-state index in [-0.39, 0.29) is 12.3 Å². The predicted octanol–water partition coefficient (Wildman–Crippen LogP) is 0.909. The van der Waals surface area contributed by atoms with Crippen LogP contribution in [0.4, 0.5) is 13.2 Å². The highest BCUT2D eigenvalue weighted by Crippen LogP contribution is 2.26. The highest BCUT2D eigenvalue weighted by Gasteiger charge is 2.32. The summed E-state index contributed by atoms with van der Waals surface area (Å²) in [7, 11) is 0. The lowest BCUT2D eigenvalue weighted by Gasteiger charge is -2.13. The van der Waals surface area contributed by atoms with E-state index in [0.717, 1.165) is 0 Å². The molecule has 1 aliphatic heterocycles. The molecule has 0 radical (unpaired) electrons. The molecule has 0 spiro atoms. The molecule has 0 aromatic heterocycles. The number of rotatable bonds is 2. The van der Waals surface area contributed by atoms with E-state index in [4.69, 9.17) is 5.11 Å². The van der Waals surface area contributed by atoms with Gasteiger partial charge in [0.15, 0.2) is 0 Å². The smallest absolute Gasteiger partial charge is 0.389 e. The van der Waals surface area contributed by atoms with Crippen molar-refractivity contribution in [2.24, 2.45) is 5.92 Å². The molecule has 1 aliphatic rings. The summed E-state index contributed by atoms with van der Waals surface area (Å²) in [6.45, 7) is 0.916. The van der Waals surface area contributed by atoms with Crippen LogP contribution in [0.2, 0.25) is 0 Å². The third-order valence-electron chi connectivity index (χ3n) is 2.10. The first-order valence-corrected chi connectivity index (χ1v) is 3.94. The highest BCUT2D eigenvalue weighted by atomic mass is 19.4. The molecular weight excluding hydrogens is 171 g/mol. The second-order valence-electron chi connectivity index (χ2n) is 3.14. The van der Waals surface area contributed by atoms with Crippen LogP contribution in [0.15, 0.2) is 0 Å². The summed E-state index contributed by atoms with van der Waals surface area (Å²) >= 11 is 0. The molecule has 1 saturated heterocycles. The van der Waals surface area contributed by atoms with Crippen molar-refractivity contribution in [2.45, 2.75) is 25.1 Å². The average molecular weight is 183 g/mol. The van der Waals surface area contributed by atoms with E-state index in [0.29, 0.717) is 13.1 Å². The van der Waals surface area contributed by atoms with Gasteiger partial charge in [0.25, 0.3) is 0 Å². The van der Waals surface area contributed by atoms with Crippen LogP contribution in [0.1, 0.15) is 12.8 Å². The molecule has 2 nitrogen and oxygen atoms in total. The zero-order valence-corrected chi connectivity index (χ0v) is 6.56. The summed E-state index contributed by atoms with van der Waals surface area (Å²) in [6.07, 6.45) is -5.47. The average Bonchev–Trinajstić information content (AvgIpc) is 2.29. The molecule has 1 fully saturated rings. The Labute approximate surface area is 68.8 Å². The van der Waals surface area contributed by atoms with Gasteiger partial charge in [0, 0.05) is 19.5 Å². The minimum Gasteiger partial charge on any atom is -0.391 e. The Bertz CT molecular complexity index is 148. The summed E-state index contributed by atoms with van der Waals surface area (Å²) in [5.41, 5.74) is 0. The molecule has 12 heavy (non-hydrogen) atoms. The molecule has 72 valence electrons. The number of aliphatic hydroxyl groups is 1. The van der Waals surface area contributed by atoms with Gasteiger partial charge in [-0.3, -0.25) is 0 Å². The zero-order valence-electron chi connectivity index (χ0n) is 6.56. The number of alkyl halides is 3. The fraction of sp³-hybridized carbons (Fsp3) is 1.00. The summed E-state index contributed by atoms with van der Waals surface area (Å²) in [5, 5.41) is 12.0. The second kappa shape index (κ2) is 3.62. The molecule has 0 amide bonds. The van der Waals surface area contributed by atoms with Gasteiger partial charge >= 0.3 is 6.18 Å². The molecule has 0 aliphatic carbocycles. The Hall–Kier alpha value is -0.290. The summed E-state index contributed by atoms with van der Waals surface area (Å²) < 4.78 is 35.2. The van der Waals surface area contributed by atoms with E-state index in [2.05, 4.69) is 5.32 Å². The van der Waals surface area contributed by atoms with Gasteiger partial charge in [0.2, 0.25) is 0 Å². The fourth-order valence-corrected chi connectivity index (χ4v) is 1.36. The first-order chi connectivity index (χ1) is 5.49. The Morgan fingerprint density at radius 3 is 2.42 bits per heavy atom. The van der Waals surface area contributed by atoms with Gasteiger partial charge in [-0.2, -0.15) is 13.2 Å². The SMILES string of the molecule is OC1CNCC1CCC(F)(F)F. The number of nitrogens with one attached hydrogen (secondary N) is 1. The third kappa shape index (κ3) is 2.98. The van der Waals surface area contributed by atoms with Crippen molar-refractivity contribution in [1.29, 1.82) is 0 Å². The fourth-order valence-electron chi connectivity index (χ4n) is 1.36. The molecular formula is C7H12F3NO. The Kier molecular flexibility index (Phi) is 2.95. The van der Waals surface area contributed by atoms with Crippen LogP contribution >= 0.6 is 0 Å². The lowest BCUT2D eigenvalue weighted by atomic mass is 10.0. The second-order valence-corrected chi connectivity index (χ2v) is 3.14. The van der Waals surface area contributed by atoms with E-state index >= 15 is 0 Å². The lowest BCUT2D eigenvalue weighted by Crippen LogP contribution is -2.20. The van der Waals surface area contributed by atoms with Gasteiger partial charge in [-0.15, -0.1) is 0 Å². The monoisotopic (exact) mass is 183 g/mol. The predicted molar refractivity (Wildman–Crippen MR) is 37.7 cm³/mol. The molecule has 0 bridgehead atoms. The largest absolute Gasteiger partial charge is 0.391 e. The summed E-state index contributed by atoms with van der Waals surface area (Å²) in [4.78, 5) is 0. The quantitative estimate of drug-likeness (QED) is 0.667. The maximum Gasteiger partial charge on any atom is 0.389 e. The lowest BCUT2D eigenvalue weighted by molar-refractivity contribution is -0.138. The number of hydrogen-bond acceptors (Lipinski definition) is 2. The Morgan fingerprint density at radius 2 is 2.00 bits per heavy atom. The van der Waals surface area contributed by atoms with E-state index in [9.17, 15) is 13.2 Å². The highest BCUT2D eigenvalue weighted by molar-refractivity contribution is 4.80. The zero-order chi connectivity index (χ0) is 9.19.